The quantitative estimate of drug-likeness (QED) is 0.308. The second kappa shape index (κ2) is 9.68. The molecule has 10 heteroatoms. The number of hydrogen-bond acceptors (Lipinski definition) is 10. The van der Waals surface area contributed by atoms with Gasteiger partial charge in [-0.25, -0.2) is 4.79 Å². The van der Waals surface area contributed by atoms with E-state index in [2.05, 4.69) is 11.9 Å². The van der Waals surface area contributed by atoms with Crippen molar-refractivity contribution in [1.82, 2.24) is 4.98 Å². The van der Waals surface area contributed by atoms with E-state index in [9.17, 15) is 19.2 Å². The summed E-state index contributed by atoms with van der Waals surface area (Å²) in [6, 6.07) is 3.32. The van der Waals surface area contributed by atoms with Crippen LogP contribution in [0.3, 0.4) is 0 Å². The van der Waals surface area contributed by atoms with E-state index >= 15 is 0 Å². The molecule has 0 N–H and O–H groups in total. The second-order valence-electron chi connectivity index (χ2n) is 12.3. The van der Waals surface area contributed by atoms with Gasteiger partial charge in [-0.3, -0.25) is 19.4 Å². The SMILES string of the molecule is CC(=O)O[C@H]1[C@H](OC(C)=O)[C@]2(C)O[C@]3(CC[C@]2(C)C2[C@H](OC(=O)c4cccnc4)CC=C(C)[C@@]21C)COC(=O)C3. The number of carbonyl (C=O) groups is 4. The van der Waals surface area contributed by atoms with Crippen LogP contribution in [0.15, 0.2) is 36.2 Å². The summed E-state index contributed by atoms with van der Waals surface area (Å²) in [5.74, 6) is -2.35. The van der Waals surface area contributed by atoms with Gasteiger partial charge in [-0.1, -0.05) is 25.5 Å². The Hall–Kier alpha value is -3.27. The third kappa shape index (κ3) is 4.22. The number of cyclic esters (lactones) is 1. The monoisotopic (exact) mass is 555 g/mol. The molecular formula is C30H37NO9. The van der Waals surface area contributed by atoms with Gasteiger partial charge in [0.15, 0.2) is 12.2 Å². The molecule has 8 atom stereocenters. The van der Waals surface area contributed by atoms with Crippen LogP contribution in [0.5, 0.6) is 0 Å². The molecular weight excluding hydrogens is 518 g/mol. The van der Waals surface area contributed by atoms with Gasteiger partial charge in [-0.15, -0.1) is 0 Å². The van der Waals surface area contributed by atoms with Gasteiger partial charge in [0, 0.05) is 49.4 Å². The molecule has 2 aliphatic heterocycles. The average molecular weight is 556 g/mol. The van der Waals surface area contributed by atoms with Crippen LogP contribution in [0.2, 0.25) is 0 Å². The van der Waals surface area contributed by atoms with Crippen LogP contribution in [0.4, 0.5) is 0 Å². The Morgan fingerprint density at radius 2 is 1.73 bits per heavy atom. The molecule has 1 unspecified atom stereocenters. The van der Waals surface area contributed by atoms with Gasteiger partial charge >= 0.3 is 23.9 Å². The number of aromatic nitrogens is 1. The van der Waals surface area contributed by atoms with Crippen molar-refractivity contribution in [2.24, 2.45) is 16.7 Å². The van der Waals surface area contributed by atoms with Crippen LogP contribution >= 0.6 is 0 Å². The second-order valence-corrected chi connectivity index (χ2v) is 12.3. The van der Waals surface area contributed by atoms with Crippen LogP contribution in [-0.2, 0) is 38.1 Å². The minimum atomic E-state index is -1.23. The molecule has 1 aromatic heterocycles. The summed E-state index contributed by atoms with van der Waals surface area (Å²) in [7, 11) is 0. The fourth-order valence-electron chi connectivity index (χ4n) is 7.88. The molecule has 4 aliphatic rings. The number of nitrogens with zero attached hydrogens (tertiary/aromatic N) is 1. The number of hydrogen-bond donors (Lipinski definition) is 0. The van der Waals surface area contributed by atoms with Gasteiger partial charge in [0.2, 0.25) is 0 Å². The number of pyridine rings is 1. The summed E-state index contributed by atoms with van der Waals surface area (Å²) in [4.78, 5) is 54.7. The van der Waals surface area contributed by atoms with E-state index in [0.717, 1.165) is 5.57 Å². The third-order valence-electron chi connectivity index (χ3n) is 9.99. The summed E-state index contributed by atoms with van der Waals surface area (Å²) < 4.78 is 30.5. The Kier molecular flexibility index (Phi) is 6.84. The van der Waals surface area contributed by atoms with Crippen molar-refractivity contribution in [1.29, 1.82) is 0 Å². The summed E-state index contributed by atoms with van der Waals surface area (Å²) >= 11 is 0. The molecule has 3 fully saturated rings. The maximum Gasteiger partial charge on any atom is 0.339 e. The van der Waals surface area contributed by atoms with Crippen LogP contribution in [-0.4, -0.2) is 65.0 Å². The molecule has 1 aromatic rings. The molecule has 0 radical (unpaired) electrons. The zero-order valence-corrected chi connectivity index (χ0v) is 23.9. The molecule has 0 amide bonds. The Labute approximate surface area is 233 Å². The van der Waals surface area contributed by atoms with Crippen LogP contribution in [0.1, 0.15) is 77.6 Å². The molecule has 1 saturated carbocycles. The van der Waals surface area contributed by atoms with Crippen LogP contribution in [0.25, 0.3) is 0 Å². The zero-order valence-electron chi connectivity index (χ0n) is 23.9. The van der Waals surface area contributed by atoms with Gasteiger partial charge in [-0.2, -0.15) is 0 Å². The normalized spacial score (nSPS) is 40.2. The van der Waals surface area contributed by atoms with Gasteiger partial charge in [0.1, 0.15) is 23.9 Å². The van der Waals surface area contributed by atoms with Gasteiger partial charge in [0.25, 0.3) is 0 Å². The van der Waals surface area contributed by atoms with Crippen molar-refractivity contribution in [2.45, 2.75) is 96.7 Å². The standard InChI is InChI=1S/C30H37NO9/c1-17-9-10-21(39-26(35)20-8-7-13-31-15-20)23-27(4)11-12-30(14-22(34)36-16-30)40-29(27,6)25(38-19(3)33)24(28(17,23)5)37-18(2)32/h7-9,13,15,21,23-25H,10-12,14,16H2,1-6H3/t21-,23?,24+,25+,27-,28+,29+,30+/m1/s1. The van der Waals surface area contributed by atoms with Gasteiger partial charge in [-0.05, 0) is 38.8 Å². The Balaban J connectivity index is 1.67. The predicted molar refractivity (Wildman–Crippen MR) is 140 cm³/mol. The molecule has 40 heavy (non-hydrogen) atoms. The largest absolute Gasteiger partial charge is 0.463 e. The lowest BCUT2D eigenvalue weighted by molar-refractivity contribution is -0.349. The maximum absolute atomic E-state index is 13.3. The summed E-state index contributed by atoms with van der Waals surface area (Å²) in [5, 5.41) is 0. The van der Waals surface area contributed by atoms with Crippen molar-refractivity contribution in [3.63, 3.8) is 0 Å². The highest BCUT2D eigenvalue weighted by Gasteiger charge is 2.76. The van der Waals surface area contributed by atoms with E-state index in [1.807, 2.05) is 26.8 Å². The first kappa shape index (κ1) is 28.3. The third-order valence-corrected chi connectivity index (χ3v) is 9.99. The summed E-state index contributed by atoms with van der Waals surface area (Å²) in [6.45, 7) is 10.6. The molecule has 0 aromatic carbocycles. The highest BCUT2D eigenvalue weighted by atomic mass is 16.6. The molecule has 0 bridgehead atoms. The average Bonchev–Trinajstić information content (AvgIpc) is 3.25. The predicted octanol–water partition coefficient (Wildman–Crippen LogP) is 3.72. The molecule has 10 nitrogen and oxygen atoms in total. The van der Waals surface area contributed by atoms with E-state index in [4.69, 9.17) is 23.7 Å². The van der Waals surface area contributed by atoms with E-state index in [1.54, 1.807) is 18.3 Å². The Morgan fingerprint density at radius 3 is 2.33 bits per heavy atom. The molecule has 216 valence electrons. The highest BCUT2D eigenvalue weighted by molar-refractivity contribution is 5.89. The summed E-state index contributed by atoms with van der Waals surface area (Å²) in [5.41, 5.74) is -2.49. The number of fused-ring (bicyclic) bond motifs is 3. The fraction of sp³-hybridized carbons (Fsp3) is 0.633. The van der Waals surface area contributed by atoms with Crippen LogP contribution < -0.4 is 0 Å². The molecule has 1 spiro atoms. The fourth-order valence-corrected chi connectivity index (χ4v) is 7.88. The first-order chi connectivity index (χ1) is 18.8. The molecule has 3 heterocycles. The minimum absolute atomic E-state index is 0.0734. The smallest absolute Gasteiger partial charge is 0.339 e. The van der Waals surface area contributed by atoms with E-state index in [0.29, 0.717) is 24.8 Å². The van der Waals surface area contributed by atoms with Gasteiger partial charge in [0.05, 0.1) is 12.0 Å². The highest BCUT2D eigenvalue weighted by Crippen LogP contribution is 2.68. The zero-order chi connectivity index (χ0) is 29.1. The Bertz CT molecular complexity index is 1260. The van der Waals surface area contributed by atoms with Crippen molar-refractivity contribution in [3.05, 3.63) is 41.7 Å². The number of rotatable bonds is 4. The number of ether oxygens (including phenoxy) is 5. The van der Waals surface area contributed by atoms with Crippen molar-refractivity contribution >= 4 is 23.9 Å². The lowest BCUT2D eigenvalue weighted by Crippen LogP contribution is -2.78. The van der Waals surface area contributed by atoms with E-state index in [1.165, 1.54) is 20.0 Å². The number of carbonyl (C=O) groups excluding carboxylic acids is 4. The first-order valence-electron chi connectivity index (χ1n) is 13.7. The maximum atomic E-state index is 13.3. The molecule has 2 aliphatic carbocycles. The van der Waals surface area contributed by atoms with Crippen molar-refractivity contribution < 1.29 is 42.9 Å². The Morgan fingerprint density at radius 1 is 1.02 bits per heavy atom. The van der Waals surface area contributed by atoms with Crippen LogP contribution in [0, 0.1) is 16.7 Å². The minimum Gasteiger partial charge on any atom is -0.463 e. The molecule has 2 saturated heterocycles. The number of esters is 4. The van der Waals surface area contributed by atoms with Crippen molar-refractivity contribution in [3.8, 4) is 0 Å². The van der Waals surface area contributed by atoms with E-state index < -0.39 is 64.2 Å². The molecule has 5 rings (SSSR count). The summed E-state index contributed by atoms with van der Waals surface area (Å²) in [6.07, 6.45) is 4.08. The first-order valence-corrected chi connectivity index (χ1v) is 13.7. The topological polar surface area (TPSA) is 127 Å². The lowest BCUT2D eigenvalue weighted by atomic mass is 9.41. The van der Waals surface area contributed by atoms with E-state index in [-0.39, 0.29) is 19.0 Å². The van der Waals surface area contributed by atoms with Gasteiger partial charge < -0.3 is 23.7 Å². The lowest BCUT2D eigenvalue weighted by Gasteiger charge is -2.70. The van der Waals surface area contributed by atoms with Crippen molar-refractivity contribution in [2.75, 3.05) is 6.61 Å².